The van der Waals surface area contributed by atoms with Crippen LogP contribution in [0.25, 0.3) is 0 Å². The zero-order valence-electron chi connectivity index (χ0n) is 14.8. The third-order valence-electron chi connectivity index (χ3n) is 3.91. The van der Waals surface area contributed by atoms with Crippen LogP contribution in [0.2, 0.25) is 0 Å². The molecule has 0 aliphatic carbocycles. The number of hydrogen-bond acceptors (Lipinski definition) is 4. The van der Waals surface area contributed by atoms with Crippen molar-refractivity contribution in [1.82, 2.24) is 10.2 Å². The molecule has 1 heterocycles. The van der Waals surface area contributed by atoms with Crippen molar-refractivity contribution in [3.05, 3.63) is 29.8 Å². The van der Waals surface area contributed by atoms with Gasteiger partial charge in [0, 0.05) is 19.7 Å². The van der Waals surface area contributed by atoms with E-state index in [-0.39, 0.29) is 6.10 Å². The van der Waals surface area contributed by atoms with E-state index in [4.69, 9.17) is 15.2 Å². The maximum atomic E-state index is 5.89. The lowest BCUT2D eigenvalue weighted by Crippen LogP contribution is -2.37. The Morgan fingerprint density at radius 1 is 1.38 bits per heavy atom. The molecule has 0 bridgehead atoms. The highest BCUT2D eigenvalue weighted by Gasteiger charge is 2.14. The van der Waals surface area contributed by atoms with E-state index < -0.39 is 0 Å². The van der Waals surface area contributed by atoms with E-state index in [1.165, 1.54) is 0 Å². The van der Waals surface area contributed by atoms with Crippen LogP contribution in [-0.4, -0.2) is 57.4 Å². The lowest BCUT2D eigenvalue weighted by Gasteiger charge is -2.11. The fraction of sp³-hybridized carbons (Fsp3) is 0.611. The highest BCUT2D eigenvalue weighted by molar-refractivity contribution is 5.77. The molecule has 134 valence electrons. The molecule has 1 saturated heterocycles. The number of guanidine groups is 1. The zero-order valence-corrected chi connectivity index (χ0v) is 14.8. The van der Waals surface area contributed by atoms with E-state index in [0.717, 1.165) is 56.9 Å². The summed E-state index contributed by atoms with van der Waals surface area (Å²) in [5.41, 5.74) is 7.00. The predicted octanol–water partition coefficient (Wildman–Crippen LogP) is 1.60. The summed E-state index contributed by atoms with van der Waals surface area (Å²) in [6.45, 7) is 3.91. The Kier molecular flexibility index (Phi) is 7.85. The van der Waals surface area contributed by atoms with Crippen molar-refractivity contribution in [2.45, 2.75) is 31.9 Å². The number of hydrogen-bond donors (Lipinski definition) is 2. The number of aliphatic imine (C=N–C) groups is 1. The lowest BCUT2D eigenvalue weighted by atomic mass is 10.2. The Morgan fingerprint density at radius 2 is 2.17 bits per heavy atom. The first-order chi connectivity index (χ1) is 11.6. The minimum atomic E-state index is 0.266. The molecule has 0 aromatic heterocycles. The summed E-state index contributed by atoms with van der Waals surface area (Å²) in [4.78, 5) is 6.52. The molecule has 1 aromatic carbocycles. The van der Waals surface area contributed by atoms with E-state index in [0.29, 0.717) is 12.5 Å². The summed E-state index contributed by atoms with van der Waals surface area (Å²) in [5.74, 6) is 1.36. The first-order valence-corrected chi connectivity index (χ1v) is 8.65. The topological polar surface area (TPSA) is 72.1 Å². The van der Waals surface area contributed by atoms with Crippen LogP contribution in [-0.2, 0) is 11.3 Å². The van der Waals surface area contributed by atoms with Crippen molar-refractivity contribution < 1.29 is 9.47 Å². The number of ether oxygens (including phenoxy) is 2. The van der Waals surface area contributed by atoms with Gasteiger partial charge in [-0.3, -0.25) is 0 Å². The molecule has 1 fully saturated rings. The van der Waals surface area contributed by atoms with Gasteiger partial charge < -0.3 is 25.4 Å². The van der Waals surface area contributed by atoms with Crippen molar-refractivity contribution in [1.29, 1.82) is 0 Å². The molecule has 0 spiro atoms. The largest absolute Gasteiger partial charge is 0.494 e. The highest BCUT2D eigenvalue weighted by atomic mass is 16.5. The van der Waals surface area contributed by atoms with Gasteiger partial charge in [-0.1, -0.05) is 12.1 Å². The minimum absolute atomic E-state index is 0.266. The van der Waals surface area contributed by atoms with Crippen molar-refractivity contribution in [2.24, 2.45) is 10.7 Å². The molecule has 1 aromatic rings. The van der Waals surface area contributed by atoms with Crippen LogP contribution in [0.15, 0.2) is 29.3 Å². The summed E-state index contributed by atoms with van der Waals surface area (Å²) in [7, 11) is 4.13. The van der Waals surface area contributed by atoms with Crippen LogP contribution in [0.4, 0.5) is 0 Å². The molecule has 1 unspecified atom stereocenters. The molecular formula is C18H30N4O2. The standard InChI is InChI=1S/C18H30N4O2/c1-22(2)10-4-12-23-16-8-6-15(7-9-16)13-20-18(19)21-14-17-5-3-11-24-17/h6-9,17H,3-5,10-14H2,1-2H3,(H3,19,20,21). The zero-order chi connectivity index (χ0) is 17.2. The highest BCUT2D eigenvalue weighted by Crippen LogP contribution is 2.13. The van der Waals surface area contributed by atoms with Crippen LogP contribution < -0.4 is 15.8 Å². The van der Waals surface area contributed by atoms with Gasteiger partial charge in [-0.05, 0) is 51.1 Å². The molecule has 0 amide bonds. The van der Waals surface area contributed by atoms with Gasteiger partial charge in [-0.2, -0.15) is 0 Å². The molecule has 0 radical (unpaired) electrons. The molecule has 6 nitrogen and oxygen atoms in total. The molecule has 1 aliphatic heterocycles. The van der Waals surface area contributed by atoms with Gasteiger partial charge in [0.05, 0.1) is 19.3 Å². The molecule has 0 saturated carbocycles. The van der Waals surface area contributed by atoms with E-state index in [1.54, 1.807) is 0 Å². The SMILES string of the molecule is CN(C)CCCOc1ccc(CN=C(N)NCC2CCCO2)cc1. The van der Waals surface area contributed by atoms with Crippen LogP contribution in [0.5, 0.6) is 5.75 Å². The molecule has 6 heteroatoms. The predicted molar refractivity (Wildman–Crippen MR) is 97.4 cm³/mol. The second-order valence-electron chi connectivity index (χ2n) is 6.37. The van der Waals surface area contributed by atoms with Crippen LogP contribution >= 0.6 is 0 Å². The number of benzene rings is 1. The first-order valence-electron chi connectivity index (χ1n) is 8.65. The third-order valence-corrected chi connectivity index (χ3v) is 3.91. The number of rotatable bonds is 9. The summed E-state index contributed by atoms with van der Waals surface area (Å²) in [6.07, 6.45) is 3.51. The van der Waals surface area contributed by atoms with Gasteiger partial charge in [0.25, 0.3) is 0 Å². The average molecular weight is 334 g/mol. The van der Waals surface area contributed by atoms with E-state index in [9.17, 15) is 0 Å². The molecular weight excluding hydrogens is 304 g/mol. The van der Waals surface area contributed by atoms with Gasteiger partial charge in [-0.15, -0.1) is 0 Å². The van der Waals surface area contributed by atoms with Gasteiger partial charge >= 0.3 is 0 Å². The second kappa shape index (κ2) is 10.2. The Bertz CT molecular complexity index is 496. The number of nitrogens with two attached hydrogens (primary N) is 1. The average Bonchev–Trinajstić information content (AvgIpc) is 3.09. The van der Waals surface area contributed by atoms with E-state index in [1.807, 2.05) is 24.3 Å². The second-order valence-corrected chi connectivity index (χ2v) is 6.37. The fourth-order valence-electron chi connectivity index (χ4n) is 2.52. The summed E-state index contributed by atoms with van der Waals surface area (Å²) in [6, 6.07) is 8.02. The normalized spacial score (nSPS) is 18.1. The van der Waals surface area contributed by atoms with Crippen molar-refractivity contribution in [3.8, 4) is 5.75 Å². The van der Waals surface area contributed by atoms with E-state index in [2.05, 4.69) is 29.3 Å². The summed E-state index contributed by atoms with van der Waals surface area (Å²) in [5, 5.41) is 3.12. The maximum Gasteiger partial charge on any atom is 0.189 e. The molecule has 3 N–H and O–H groups in total. The molecule has 1 aliphatic rings. The quantitative estimate of drug-likeness (QED) is 0.408. The minimum Gasteiger partial charge on any atom is -0.494 e. The van der Waals surface area contributed by atoms with Crippen LogP contribution in [0.3, 0.4) is 0 Å². The Morgan fingerprint density at radius 3 is 2.83 bits per heavy atom. The van der Waals surface area contributed by atoms with Gasteiger partial charge in [0.2, 0.25) is 0 Å². The monoisotopic (exact) mass is 334 g/mol. The Hall–Kier alpha value is -1.79. The molecule has 24 heavy (non-hydrogen) atoms. The summed E-state index contributed by atoms with van der Waals surface area (Å²) >= 11 is 0. The van der Waals surface area contributed by atoms with E-state index >= 15 is 0 Å². The molecule has 1 atom stereocenters. The molecule has 2 rings (SSSR count). The van der Waals surface area contributed by atoms with Crippen molar-refractivity contribution in [2.75, 3.05) is 40.4 Å². The number of nitrogens with one attached hydrogen (secondary N) is 1. The van der Waals surface area contributed by atoms with Crippen LogP contribution in [0, 0.1) is 0 Å². The van der Waals surface area contributed by atoms with Crippen molar-refractivity contribution in [3.63, 3.8) is 0 Å². The Labute approximate surface area is 145 Å². The van der Waals surface area contributed by atoms with Gasteiger partial charge in [0.15, 0.2) is 5.96 Å². The number of nitrogens with zero attached hydrogens (tertiary/aromatic N) is 2. The van der Waals surface area contributed by atoms with Gasteiger partial charge in [0.1, 0.15) is 5.75 Å². The fourth-order valence-corrected chi connectivity index (χ4v) is 2.52. The van der Waals surface area contributed by atoms with Crippen molar-refractivity contribution >= 4 is 5.96 Å². The maximum absolute atomic E-state index is 5.89. The smallest absolute Gasteiger partial charge is 0.189 e. The summed E-state index contributed by atoms with van der Waals surface area (Å²) < 4.78 is 11.3. The Balaban J connectivity index is 1.67. The van der Waals surface area contributed by atoms with Gasteiger partial charge in [-0.25, -0.2) is 4.99 Å². The lowest BCUT2D eigenvalue weighted by molar-refractivity contribution is 0.114. The first kappa shape index (κ1) is 18.5. The third kappa shape index (κ3) is 7.19. The van der Waals surface area contributed by atoms with Crippen LogP contribution in [0.1, 0.15) is 24.8 Å².